The van der Waals surface area contributed by atoms with E-state index in [0.717, 1.165) is 4.88 Å². The van der Waals surface area contributed by atoms with Crippen LogP contribution in [-0.4, -0.2) is 9.91 Å². The van der Waals surface area contributed by atoms with Gasteiger partial charge in [0.25, 0.3) is 0 Å². The molecule has 17 heavy (non-hydrogen) atoms. The number of nitro groups is 1. The van der Waals surface area contributed by atoms with Crippen LogP contribution in [0.3, 0.4) is 0 Å². The van der Waals surface area contributed by atoms with Crippen molar-refractivity contribution in [2.24, 2.45) is 0 Å². The molecule has 0 aliphatic heterocycles. The number of rotatable bonds is 4. The summed E-state index contributed by atoms with van der Waals surface area (Å²) in [6.07, 6.45) is 1.38. The van der Waals surface area contributed by atoms with Crippen molar-refractivity contribution >= 4 is 34.4 Å². The van der Waals surface area contributed by atoms with Gasteiger partial charge in [-0.15, -0.1) is 11.3 Å². The molecule has 0 spiro atoms. The van der Waals surface area contributed by atoms with E-state index < -0.39 is 4.92 Å². The quantitative estimate of drug-likeness (QED) is 0.683. The largest absolute Gasteiger partial charge is 0.359 e. The highest BCUT2D eigenvalue weighted by Crippen LogP contribution is 2.25. The minimum Gasteiger partial charge on any atom is -0.359 e. The van der Waals surface area contributed by atoms with Gasteiger partial charge in [-0.05, 0) is 11.4 Å². The van der Waals surface area contributed by atoms with Crippen LogP contribution in [0.15, 0.2) is 29.8 Å². The first kappa shape index (κ1) is 11.8. The first-order chi connectivity index (χ1) is 8.16. The van der Waals surface area contributed by atoms with Gasteiger partial charge in [0.05, 0.1) is 16.5 Å². The van der Waals surface area contributed by atoms with Crippen molar-refractivity contribution < 1.29 is 4.92 Å². The highest BCUT2D eigenvalue weighted by Gasteiger charge is 2.15. The van der Waals surface area contributed by atoms with Crippen LogP contribution in [0, 0.1) is 10.1 Å². The second kappa shape index (κ2) is 5.11. The van der Waals surface area contributed by atoms with Crippen molar-refractivity contribution in [2.75, 3.05) is 5.32 Å². The SMILES string of the molecule is O=[N+]([O-])c1cc(Cl)cnc1NCc1cccs1. The fraction of sp³-hybridized carbons (Fsp3) is 0.100. The lowest BCUT2D eigenvalue weighted by molar-refractivity contribution is -0.384. The first-order valence-corrected chi connectivity index (χ1v) is 5.99. The van der Waals surface area contributed by atoms with E-state index in [1.165, 1.54) is 12.3 Å². The highest BCUT2D eigenvalue weighted by molar-refractivity contribution is 7.09. The Balaban J connectivity index is 2.17. The van der Waals surface area contributed by atoms with E-state index in [0.29, 0.717) is 6.54 Å². The number of hydrogen-bond donors (Lipinski definition) is 1. The third-order valence-corrected chi connectivity index (χ3v) is 3.12. The minimum atomic E-state index is -0.504. The van der Waals surface area contributed by atoms with Gasteiger partial charge in [0.1, 0.15) is 0 Å². The van der Waals surface area contributed by atoms with Crippen LogP contribution in [0.4, 0.5) is 11.5 Å². The summed E-state index contributed by atoms with van der Waals surface area (Å²) in [5.74, 6) is 0.229. The van der Waals surface area contributed by atoms with Gasteiger partial charge in [0, 0.05) is 17.1 Å². The molecule has 2 rings (SSSR count). The van der Waals surface area contributed by atoms with Crippen LogP contribution < -0.4 is 5.32 Å². The van der Waals surface area contributed by atoms with E-state index in [2.05, 4.69) is 10.3 Å². The van der Waals surface area contributed by atoms with Crippen molar-refractivity contribution in [2.45, 2.75) is 6.54 Å². The van der Waals surface area contributed by atoms with Gasteiger partial charge >= 0.3 is 5.69 Å². The summed E-state index contributed by atoms with van der Waals surface area (Å²) in [5.41, 5.74) is -0.117. The van der Waals surface area contributed by atoms with Crippen LogP contribution >= 0.6 is 22.9 Å². The molecule has 0 saturated heterocycles. The third kappa shape index (κ3) is 2.92. The van der Waals surface area contributed by atoms with E-state index >= 15 is 0 Å². The van der Waals surface area contributed by atoms with Crippen LogP contribution in [0.5, 0.6) is 0 Å². The van der Waals surface area contributed by atoms with Gasteiger partial charge in [0.15, 0.2) is 0 Å². The maximum atomic E-state index is 10.8. The molecule has 0 aliphatic rings. The number of hydrogen-bond acceptors (Lipinski definition) is 5. The van der Waals surface area contributed by atoms with Crippen molar-refractivity contribution in [3.05, 3.63) is 49.8 Å². The zero-order valence-corrected chi connectivity index (χ0v) is 10.2. The molecule has 1 N–H and O–H groups in total. The molecule has 2 aromatic rings. The van der Waals surface area contributed by atoms with Gasteiger partial charge < -0.3 is 5.32 Å². The molecule has 0 amide bonds. The number of halogens is 1. The molecular weight excluding hydrogens is 262 g/mol. The van der Waals surface area contributed by atoms with E-state index in [-0.39, 0.29) is 16.5 Å². The lowest BCUT2D eigenvalue weighted by atomic mass is 10.4. The van der Waals surface area contributed by atoms with Gasteiger partial charge in [0.2, 0.25) is 5.82 Å². The standard InChI is InChI=1S/C10H8ClN3O2S/c11-7-4-9(14(15)16)10(12-5-7)13-6-8-2-1-3-17-8/h1-5H,6H2,(H,12,13). The second-order valence-corrected chi connectivity index (χ2v) is 4.68. The zero-order valence-electron chi connectivity index (χ0n) is 8.59. The summed E-state index contributed by atoms with van der Waals surface area (Å²) in [6.45, 7) is 0.507. The third-order valence-electron chi connectivity index (χ3n) is 2.04. The maximum Gasteiger partial charge on any atom is 0.312 e. The topological polar surface area (TPSA) is 68.1 Å². The fourth-order valence-corrected chi connectivity index (χ4v) is 2.08. The average molecular weight is 270 g/mol. The Morgan fingerprint density at radius 3 is 3.06 bits per heavy atom. The predicted octanol–water partition coefficient (Wildman–Crippen LogP) is 3.32. The summed E-state index contributed by atoms with van der Waals surface area (Å²) in [7, 11) is 0. The minimum absolute atomic E-state index is 0.117. The second-order valence-electron chi connectivity index (χ2n) is 3.21. The summed E-state index contributed by atoms with van der Waals surface area (Å²) in [6, 6.07) is 5.15. The van der Waals surface area contributed by atoms with E-state index in [4.69, 9.17) is 11.6 Å². The number of thiophene rings is 1. The number of anilines is 1. The lowest BCUT2D eigenvalue weighted by Gasteiger charge is -2.04. The highest BCUT2D eigenvalue weighted by atomic mass is 35.5. The fourth-order valence-electron chi connectivity index (χ4n) is 1.29. The summed E-state index contributed by atoms with van der Waals surface area (Å²) < 4.78 is 0. The van der Waals surface area contributed by atoms with Crippen molar-refractivity contribution in [1.29, 1.82) is 0 Å². The monoisotopic (exact) mass is 269 g/mol. The summed E-state index contributed by atoms with van der Waals surface area (Å²) in [5, 5.41) is 15.9. The Morgan fingerprint density at radius 1 is 1.59 bits per heavy atom. The predicted molar refractivity (Wildman–Crippen MR) is 67.5 cm³/mol. The van der Waals surface area contributed by atoms with Crippen molar-refractivity contribution in [3.63, 3.8) is 0 Å². The molecule has 0 unspecified atom stereocenters. The van der Waals surface area contributed by atoms with E-state index in [9.17, 15) is 10.1 Å². The molecule has 0 aromatic carbocycles. The molecule has 2 aromatic heterocycles. The molecule has 0 saturated carbocycles. The van der Waals surface area contributed by atoms with E-state index in [1.807, 2.05) is 17.5 Å². The van der Waals surface area contributed by atoms with Crippen LogP contribution in [0.2, 0.25) is 5.02 Å². The smallest absolute Gasteiger partial charge is 0.312 e. The van der Waals surface area contributed by atoms with Gasteiger partial charge in [-0.25, -0.2) is 4.98 Å². The van der Waals surface area contributed by atoms with Crippen molar-refractivity contribution in [1.82, 2.24) is 4.98 Å². The molecule has 7 heteroatoms. The molecule has 0 bridgehead atoms. The number of aromatic nitrogens is 1. The Bertz CT molecular complexity index is 530. The molecule has 0 radical (unpaired) electrons. The Morgan fingerprint density at radius 2 is 2.41 bits per heavy atom. The summed E-state index contributed by atoms with van der Waals surface area (Å²) in [4.78, 5) is 15.3. The van der Waals surface area contributed by atoms with Gasteiger partial charge in [-0.1, -0.05) is 17.7 Å². The molecule has 88 valence electrons. The van der Waals surface area contributed by atoms with Crippen molar-refractivity contribution in [3.8, 4) is 0 Å². The molecule has 0 aliphatic carbocycles. The number of nitrogens with one attached hydrogen (secondary N) is 1. The molecule has 5 nitrogen and oxygen atoms in total. The molecule has 0 atom stereocenters. The Hall–Kier alpha value is -1.66. The Kier molecular flexibility index (Phi) is 3.55. The van der Waals surface area contributed by atoms with Crippen LogP contribution in [-0.2, 0) is 6.54 Å². The van der Waals surface area contributed by atoms with E-state index in [1.54, 1.807) is 11.3 Å². The molecule has 2 heterocycles. The zero-order chi connectivity index (χ0) is 12.3. The number of nitrogens with zero attached hydrogens (tertiary/aromatic N) is 2. The van der Waals surface area contributed by atoms with Crippen LogP contribution in [0.1, 0.15) is 4.88 Å². The maximum absolute atomic E-state index is 10.8. The average Bonchev–Trinajstić information content (AvgIpc) is 2.80. The van der Waals surface area contributed by atoms with Crippen LogP contribution in [0.25, 0.3) is 0 Å². The summed E-state index contributed by atoms with van der Waals surface area (Å²) >= 11 is 7.24. The molecule has 0 fully saturated rings. The lowest BCUT2D eigenvalue weighted by Crippen LogP contribution is -2.03. The normalized spacial score (nSPS) is 10.2. The van der Waals surface area contributed by atoms with Gasteiger partial charge in [-0.2, -0.15) is 0 Å². The Labute approximate surface area is 106 Å². The van der Waals surface area contributed by atoms with Gasteiger partial charge in [-0.3, -0.25) is 10.1 Å². The molecular formula is C10H8ClN3O2S. The number of pyridine rings is 1. The first-order valence-electron chi connectivity index (χ1n) is 4.73.